The van der Waals surface area contributed by atoms with Crippen LogP contribution in [0.2, 0.25) is 0 Å². The second-order valence-electron chi connectivity index (χ2n) is 8.68. The van der Waals surface area contributed by atoms with Gasteiger partial charge in [0.15, 0.2) is 11.5 Å². The number of carbonyl (C=O) groups excluding carboxylic acids is 2. The number of thiazole rings is 1. The molecule has 32 heavy (non-hydrogen) atoms. The van der Waals surface area contributed by atoms with Crippen molar-refractivity contribution in [2.75, 3.05) is 5.32 Å². The number of amides is 1. The molecule has 1 N–H and O–H groups in total. The van der Waals surface area contributed by atoms with Gasteiger partial charge in [0.05, 0.1) is 17.8 Å². The Morgan fingerprint density at radius 1 is 1.38 bits per heavy atom. The van der Waals surface area contributed by atoms with Crippen molar-refractivity contribution in [2.24, 2.45) is 0 Å². The van der Waals surface area contributed by atoms with Crippen molar-refractivity contribution in [3.8, 4) is 11.2 Å². The first kappa shape index (κ1) is 21.7. The van der Waals surface area contributed by atoms with Crippen molar-refractivity contribution >= 4 is 29.2 Å². The summed E-state index contributed by atoms with van der Waals surface area (Å²) in [5, 5.41) is 22.4. The fourth-order valence-corrected chi connectivity index (χ4v) is 3.73. The lowest BCUT2D eigenvalue weighted by Crippen LogP contribution is -2.28. The minimum Gasteiger partial charge on any atom is -0.442 e. The lowest BCUT2D eigenvalue weighted by Gasteiger charge is -2.19. The number of hydrogen-bond donors (Lipinski definition) is 1. The molecule has 4 rings (SSSR count). The third-order valence-electron chi connectivity index (χ3n) is 4.85. The smallest absolute Gasteiger partial charge is 0.435 e. The third-order valence-corrected chi connectivity index (χ3v) is 5.68. The second-order valence-corrected chi connectivity index (χ2v) is 9.51. The van der Waals surface area contributed by atoms with Gasteiger partial charge in [-0.25, -0.2) is 14.5 Å². The first-order valence-corrected chi connectivity index (χ1v) is 11.1. The lowest BCUT2D eigenvalue weighted by atomic mass is 10.0. The molecule has 1 aliphatic carbocycles. The van der Waals surface area contributed by atoms with Gasteiger partial charge < -0.3 is 10.1 Å². The summed E-state index contributed by atoms with van der Waals surface area (Å²) >= 11 is 1.29. The summed E-state index contributed by atoms with van der Waals surface area (Å²) in [6.45, 7) is 7.14. The molecule has 3 heterocycles. The molecule has 3 aromatic heterocycles. The molecule has 3 aromatic rings. The predicted octanol–water partition coefficient (Wildman–Crippen LogP) is 3.80. The van der Waals surface area contributed by atoms with Gasteiger partial charge in [-0.3, -0.25) is 4.79 Å². The van der Waals surface area contributed by atoms with Gasteiger partial charge in [0.2, 0.25) is 11.0 Å². The Morgan fingerprint density at radius 2 is 2.12 bits per heavy atom. The van der Waals surface area contributed by atoms with Crippen molar-refractivity contribution in [3.05, 3.63) is 40.8 Å². The van der Waals surface area contributed by atoms with Crippen LogP contribution in [0, 0.1) is 11.3 Å². The summed E-state index contributed by atoms with van der Waals surface area (Å²) in [6, 6.07) is 3.71. The molecule has 1 atom stereocenters. The largest absolute Gasteiger partial charge is 0.442 e. The Hall–Kier alpha value is -3.52. The molecule has 11 heteroatoms. The molecule has 1 unspecified atom stereocenters. The molecule has 0 spiro atoms. The van der Waals surface area contributed by atoms with E-state index in [2.05, 4.69) is 20.5 Å². The zero-order chi connectivity index (χ0) is 23.0. The maximum Gasteiger partial charge on any atom is 0.435 e. The minimum absolute atomic E-state index is 0.243. The Bertz CT molecular complexity index is 1210. The molecular formula is C21H23N7O3S. The molecule has 0 aliphatic heterocycles. The number of nitriles is 1. The molecule has 1 amide bonds. The number of aromatic nitrogens is 5. The number of rotatable bonds is 5. The normalized spacial score (nSPS) is 14.6. The Labute approximate surface area is 188 Å². The van der Waals surface area contributed by atoms with E-state index in [4.69, 9.17) is 10.00 Å². The highest BCUT2D eigenvalue weighted by Gasteiger charge is 2.32. The van der Waals surface area contributed by atoms with Crippen LogP contribution >= 0.6 is 11.3 Å². The highest BCUT2D eigenvalue weighted by molar-refractivity contribution is 7.12. The van der Waals surface area contributed by atoms with Crippen LogP contribution in [-0.2, 0) is 9.53 Å². The van der Waals surface area contributed by atoms with Crippen molar-refractivity contribution in [2.45, 2.75) is 58.0 Å². The van der Waals surface area contributed by atoms with E-state index in [-0.39, 0.29) is 11.8 Å². The van der Waals surface area contributed by atoms with Crippen LogP contribution in [0.3, 0.4) is 0 Å². The van der Waals surface area contributed by atoms with Crippen molar-refractivity contribution in [1.82, 2.24) is 24.5 Å². The molecule has 0 bridgehead atoms. The van der Waals surface area contributed by atoms with Gasteiger partial charge in [0, 0.05) is 29.1 Å². The molecule has 1 fully saturated rings. The van der Waals surface area contributed by atoms with Crippen LogP contribution in [0.4, 0.5) is 10.6 Å². The van der Waals surface area contributed by atoms with Crippen LogP contribution in [-0.4, -0.2) is 42.1 Å². The van der Waals surface area contributed by atoms with Gasteiger partial charge in [-0.2, -0.15) is 15.0 Å². The molecule has 1 saturated carbocycles. The maximum absolute atomic E-state index is 12.8. The average Bonchev–Trinajstić information content (AvgIpc) is 3.13. The quantitative estimate of drug-likeness (QED) is 0.622. The van der Waals surface area contributed by atoms with Crippen LogP contribution in [0.5, 0.6) is 0 Å². The number of hydrogen-bond acceptors (Lipinski definition) is 8. The standard InChI is InChI=1S/C21H23N7O3S/c1-12(14-9-23-27(10-14)19-24-15(8-22)11-32-19)18(29)25-17-7-16(13-5-6-13)28(26-17)20(30)31-21(2,3)4/h7,9-13H,5-6H2,1-4H3,(H,25,26,29). The number of ether oxygens (including phenoxy) is 1. The van der Waals surface area contributed by atoms with Gasteiger partial charge in [-0.05, 0) is 40.5 Å². The van der Waals surface area contributed by atoms with Crippen molar-refractivity contribution in [1.29, 1.82) is 5.26 Å². The van der Waals surface area contributed by atoms with E-state index >= 15 is 0 Å². The third kappa shape index (κ3) is 4.70. The zero-order valence-electron chi connectivity index (χ0n) is 18.2. The fraction of sp³-hybridized carbons (Fsp3) is 0.429. The van der Waals surface area contributed by atoms with E-state index in [0.717, 1.165) is 18.5 Å². The van der Waals surface area contributed by atoms with E-state index in [1.165, 1.54) is 20.7 Å². The Morgan fingerprint density at radius 3 is 2.75 bits per heavy atom. The van der Waals surface area contributed by atoms with Crippen LogP contribution in [0.1, 0.15) is 69.3 Å². The highest BCUT2D eigenvalue weighted by atomic mass is 32.1. The average molecular weight is 454 g/mol. The topological polar surface area (TPSA) is 128 Å². The molecule has 0 saturated heterocycles. The van der Waals surface area contributed by atoms with Gasteiger partial charge >= 0.3 is 6.09 Å². The fourth-order valence-electron chi connectivity index (χ4n) is 3.05. The van der Waals surface area contributed by atoms with Gasteiger partial charge in [0.1, 0.15) is 11.7 Å². The van der Waals surface area contributed by atoms with E-state index in [1.807, 2.05) is 6.07 Å². The number of nitrogens with one attached hydrogen (secondary N) is 1. The van der Waals surface area contributed by atoms with Crippen LogP contribution < -0.4 is 5.32 Å². The van der Waals surface area contributed by atoms with Crippen molar-refractivity contribution in [3.63, 3.8) is 0 Å². The summed E-state index contributed by atoms with van der Waals surface area (Å²) in [7, 11) is 0. The predicted molar refractivity (Wildman–Crippen MR) is 117 cm³/mol. The summed E-state index contributed by atoms with van der Waals surface area (Å²) < 4.78 is 8.23. The molecule has 0 radical (unpaired) electrons. The molecule has 0 aromatic carbocycles. The van der Waals surface area contributed by atoms with Gasteiger partial charge in [-0.15, -0.1) is 16.4 Å². The Balaban J connectivity index is 1.48. The SMILES string of the molecule is CC(C(=O)Nc1cc(C2CC2)n(C(=O)OC(C)(C)C)n1)c1cnn(-c2nc(C#N)cs2)c1. The molecule has 10 nitrogen and oxygen atoms in total. The monoisotopic (exact) mass is 453 g/mol. The molecule has 1 aliphatic rings. The molecular weight excluding hydrogens is 430 g/mol. The van der Waals surface area contributed by atoms with Gasteiger partial charge in [0.25, 0.3) is 0 Å². The summed E-state index contributed by atoms with van der Waals surface area (Å²) in [6.07, 6.45) is 4.68. The van der Waals surface area contributed by atoms with Crippen molar-refractivity contribution < 1.29 is 14.3 Å². The summed E-state index contributed by atoms with van der Waals surface area (Å²) in [5.41, 5.74) is 1.10. The molecule has 166 valence electrons. The zero-order valence-corrected chi connectivity index (χ0v) is 19.0. The highest BCUT2D eigenvalue weighted by Crippen LogP contribution is 2.41. The first-order chi connectivity index (χ1) is 15.1. The van der Waals surface area contributed by atoms with E-state index in [9.17, 15) is 9.59 Å². The number of anilines is 1. The first-order valence-electron chi connectivity index (χ1n) is 10.2. The van der Waals surface area contributed by atoms with E-state index in [0.29, 0.717) is 22.2 Å². The van der Waals surface area contributed by atoms with E-state index < -0.39 is 17.6 Å². The van der Waals surface area contributed by atoms with Crippen LogP contribution in [0.15, 0.2) is 23.8 Å². The summed E-state index contributed by atoms with van der Waals surface area (Å²) in [4.78, 5) is 29.6. The Kier molecular flexibility index (Phi) is 5.56. The maximum atomic E-state index is 12.8. The lowest BCUT2D eigenvalue weighted by molar-refractivity contribution is -0.117. The van der Waals surface area contributed by atoms with E-state index in [1.54, 1.807) is 51.5 Å². The summed E-state index contributed by atoms with van der Waals surface area (Å²) in [5.74, 6) is -0.249. The van der Waals surface area contributed by atoms with Crippen LogP contribution in [0.25, 0.3) is 5.13 Å². The second kappa shape index (κ2) is 8.20. The number of carbonyl (C=O) groups is 2. The van der Waals surface area contributed by atoms with Gasteiger partial charge in [-0.1, -0.05) is 0 Å². The number of nitrogens with zero attached hydrogens (tertiary/aromatic N) is 6. The minimum atomic E-state index is -0.645.